The summed E-state index contributed by atoms with van der Waals surface area (Å²) in [4.78, 5) is 4.42. The van der Waals surface area contributed by atoms with Gasteiger partial charge < -0.3 is 0 Å². The lowest BCUT2D eigenvalue weighted by atomic mass is 10.1. The monoisotopic (exact) mass is 291 g/mol. The number of benzene rings is 2. The van der Waals surface area contributed by atoms with E-state index in [1.54, 1.807) is 0 Å². The average molecular weight is 292 g/mol. The number of aliphatic imine (C=N–C) groups is 1. The van der Waals surface area contributed by atoms with Crippen LogP contribution in [0.3, 0.4) is 0 Å². The van der Waals surface area contributed by atoms with Crippen molar-refractivity contribution in [2.45, 2.75) is 12.8 Å². The summed E-state index contributed by atoms with van der Waals surface area (Å²) in [5.74, 6) is 0. The average Bonchev–Trinajstić information content (AvgIpc) is 2.43. The minimum absolute atomic E-state index is 0.767. The van der Waals surface area contributed by atoms with Gasteiger partial charge in [-0.2, -0.15) is 0 Å². The molecule has 0 fully saturated rings. The maximum Gasteiger partial charge on any atom is 0.0425 e. The third-order valence-electron chi connectivity index (χ3n) is 2.81. The van der Waals surface area contributed by atoms with Crippen molar-refractivity contribution in [3.8, 4) is 0 Å². The lowest BCUT2D eigenvalue weighted by Gasteiger charge is -1.98. The van der Waals surface area contributed by atoms with E-state index in [0.717, 1.165) is 29.4 Å². The van der Waals surface area contributed by atoms with Crippen LogP contribution in [0.1, 0.15) is 11.1 Å². The molecular weight excluding hydrogens is 277 g/mol. The molecule has 0 amide bonds. The summed E-state index contributed by atoms with van der Waals surface area (Å²) in [6.07, 6.45) is 3.74. The molecule has 0 heterocycles. The summed E-state index contributed by atoms with van der Waals surface area (Å²) in [6, 6.07) is 15.7. The fourth-order valence-electron chi connectivity index (χ4n) is 1.73. The Morgan fingerprint density at radius 3 is 1.89 bits per heavy atom. The molecule has 0 N–H and O–H groups in total. The summed E-state index contributed by atoms with van der Waals surface area (Å²) in [7, 11) is 0. The maximum absolute atomic E-state index is 5.84. The first kappa shape index (κ1) is 14.1. The van der Waals surface area contributed by atoms with Crippen molar-refractivity contribution in [3.05, 3.63) is 69.7 Å². The van der Waals surface area contributed by atoms with E-state index in [9.17, 15) is 0 Å². The predicted molar refractivity (Wildman–Crippen MR) is 83.7 cm³/mol. The van der Waals surface area contributed by atoms with Gasteiger partial charge in [0.25, 0.3) is 0 Å². The van der Waals surface area contributed by atoms with Crippen LogP contribution in [0.2, 0.25) is 10.0 Å². The van der Waals surface area contributed by atoms with E-state index in [1.165, 1.54) is 11.1 Å². The van der Waals surface area contributed by atoms with Crippen molar-refractivity contribution in [2.75, 3.05) is 6.54 Å². The van der Waals surface area contributed by atoms with E-state index in [2.05, 4.69) is 4.99 Å². The van der Waals surface area contributed by atoms with Crippen molar-refractivity contribution in [2.24, 2.45) is 4.99 Å². The molecule has 0 radical (unpaired) electrons. The van der Waals surface area contributed by atoms with Gasteiger partial charge in [-0.25, -0.2) is 0 Å². The topological polar surface area (TPSA) is 12.4 Å². The quantitative estimate of drug-likeness (QED) is 0.699. The van der Waals surface area contributed by atoms with Crippen LogP contribution in [0.4, 0.5) is 0 Å². The van der Waals surface area contributed by atoms with E-state index >= 15 is 0 Å². The van der Waals surface area contributed by atoms with Gasteiger partial charge in [-0.15, -0.1) is 0 Å². The lowest BCUT2D eigenvalue weighted by Crippen LogP contribution is -1.91. The van der Waals surface area contributed by atoms with Crippen molar-refractivity contribution in [3.63, 3.8) is 0 Å². The molecule has 0 aromatic heterocycles. The zero-order valence-corrected chi connectivity index (χ0v) is 12.0. The Hall–Kier alpha value is -1.31. The van der Waals surface area contributed by atoms with E-state index in [4.69, 9.17) is 23.2 Å². The molecule has 1 nitrogen and oxygen atoms in total. The van der Waals surface area contributed by atoms with Crippen LogP contribution in [0.15, 0.2) is 53.5 Å². The lowest BCUT2D eigenvalue weighted by molar-refractivity contribution is 0.969. The molecule has 2 rings (SSSR count). The Kier molecular flexibility index (Phi) is 5.44. The first-order valence-electron chi connectivity index (χ1n) is 6.21. The Morgan fingerprint density at radius 2 is 1.32 bits per heavy atom. The highest BCUT2D eigenvalue weighted by molar-refractivity contribution is 6.30. The van der Waals surface area contributed by atoms with Gasteiger partial charge in [0.1, 0.15) is 0 Å². The fourth-order valence-corrected chi connectivity index (χ4v) is 1.98. The van der Waals surface area contributed by atoms with Gasteiger partial charge in [0, 0.05) is 29.2 Å². The summed E-state index contributed by atoms with van der Waals surface area (Å²) in [6.45, 7) is 0.801. The molecule has 19 heavy (non-hydrogen) atoms. The van der Waals surface area contributed by atoms with E-state index in [0.29, 0.717) is 0 Å². The summed E-state index contributed by atoms with van der Waals surface area (Å²) < 4.78 is 0. The number of nitrogens with zero attached hydrogens (tertiary/aromatic N) is 1. The highest BCUT2D eigenvalue weighted by Gasteiger charge is 1.93. The molecule has 98 valence electrons. The molecule has 0 saturated carbocycles. The van der Waals surface area contributed by atoms with Gasteiger partial charge in [-0.3, -0.25) is 4.99 Å². The molecule has 0 saturated heterocycles. The number of hydrogen-bond acceptors (Lipinski definition) is 1. The standard InChI is InChI=1S/C16H15Cl2N/c17-15-5-1-13(2-6-15)9-11-19-12-10-14-3-7-16(18)8-4-14/h1-8,11H,9-10,12H2. The largest absolute Gasteiger partial charge is 0.297 e. The van der Waals surface area contributed by atoms with Crippen LogP contribution in [-0.2, 0) is 12.8 Å². The Labute approximate surface area is 123 Å². The summed E-state index contributed by atoms with van der Waals surface area (Å²) in [5.41, 5.74) is 2.48. The van der Waals surface area contributed by atoms with Crippen molar-refractivity contribution >= 4 is 29.4 Å². The second-order valence-corrected chi connectivity index (χ2v) is 5.17. The van der Waals surface area contributed by atoms with Crippen molar-refractivity contribution in [1.29, 1.82) is 0 Å². The molecule has 0 atom stereocenters. The van der Waals surface area contributed by atoms with Crippen LogP contribution in [0, 0.1) is 0 Å². The van der Waals surface area contributed by atoms with E-state index in [-0.39, 0.29) is 0 Å². The van der Waals surface area contributed by atoms with Gasteiger partial charge in [-0.05, 0) is 41.8 Å². The van der Waals surface area contributed by atoms with Gasteiger partial charge >= 0.3 is 0 Å². The molecular formula is C16H15Cl2N. The minimum Gasteiger partial charge on any atom is -0.297 e. The van der Waals surface area contributed by atoms with Crippen LogP contribution in [-0.4, -0.2) is 12.8 Å². The second kappa shape index (κ2) is 7.32. The second-order valence-electron chi connectivity index (χ2n) is 4.30. The van der Waals surface area contributed by atoms with E-state index in [1.807, 2.05) is 54.7 Å². The van der Waals surface area contributed by atoms with Crippen LogP contribution < -0.4 is 0 Å². The first-order chi connectivity index (χ1) is 9.24. The Morgan fingerprint density at radius 1 is 0.789 bits per heavy atom. The van der Waals surface area contributed by atoms with Gasteiger partial charge in [0.15, 0.2) is 0 Å². The van der Waals surface area contributed by atoms with Gasteiger partial charge in [0.05, 0.1) is 0 Å². The normalized spacial score (nSPS) is 11.1. The fraction of sp³-hybridized carbons (Fsp3) is 0.188. The van der Waals surface area contributed by atoms with Crippen LogP contribution in [0.5, 0.6) is 0 Å². The molecule has 2 aromatic rings. The highest BCUT2D eigenvalue weighted by atomic mass is 35.5. The summed E-state index contributed by atoms with van der Waals surface area (Å²) >= 11 is 11.7. The molecule has 0 spiro atoms. The third kappa shape index (κ3) is 5.06. The van der Waals surface area contributed by atoms with Gasteiger partial charge in [0.2, 0.25) is 0 Å². The van der Waals surface area contributed by atoms with Crippen molar-refractivity contribution < 1.29 is 0 Å². The van der Waals surface area contributed by atoms with Crippen LogP contribution in [0.25, 0.3) is 0 Å². The minimum atomic E-state index is 0.767. The Balaban J connectivity index is 1.75. The predicted octanol–water partition coefficient (Wildman–Crippen LogP) is 4.85. The third-order valence-corrected chi connectivity index (χ3v) is 3.32. The SMILES string of the molecule is Clc1ccc(CC=NCCc2ccc(Cl)cc2)cc1. The van der Waals surface area contributed by atoms with E-state index < -0.39 is 0 Å². The molecule has 0 aliphatic heterocycles. The zero-order chi connectivity index (χ0) is 13.5. The molecule has 2 aromatic carbocycles. The molecule has 3 heteroatoms. The van der Waals surface area contributed by atoms with Crippen LogP contribution >= 0.6 is 23.2 Å². The number of rotatable bonds is 5. The molecule has 0 bridgehead atoms. The first-order valence-corrected chi connectivity index (χ1v) is 6.97. The number of hydrogen-bond donors (Lipinski definition) is 0. The summed E-state index contributed by atoms with van der Waals surface area (Å²) in [5, 5.41) is 1.54. The zero-order valence-electron chi connectivity index (χ0n) is 10.5. The highest BCUT2D eigenvalue weighted by Crippen LogP contribution is 2.10. The van der Waals surface area contributed by atoms with Crippen molar-refractivity contribution in [1.82, 2.24) is 0 Å². The number of halogens is 2. The molecule has 0 aliphatic rings. The van der Waals surface area contributed by atoms with Gasteiger partial charge in [-0.1, -0.05) is 47.5 Å². The Bertz CT molecular complexity index is 530. The molecule has 0 aliphatic carbocycles. The maximum atomic E-state index is 5.84. The smallest absolute Gasteiger partial charge is 0.0425 e. The molecule has 0 unspecified atom stereocenters.